The van der Waals surface area contributed by atoms with E-state index in [0.29, 0.717) is 19.0 Å². The number of ether oxygens (including phenoxy) is 1. The standard InChI is InChI=1S/C15H17FN2O/c1-2-19-15-8-4-7-14(18-15)17-10-9-12-5-3-6-13(16)11-12/h3-8,11H,2,9-10H2,1H3,(H,17,18). The van der Waals surface area contributed by atoms with Crippen LogP contribution >= 0.6 is 0 Å². The average Bonchev–Trinajstić information content (AvgIpc) is 2.40. The first-order valence-electron chi connectivity index (χ1n) is 6.36. The highest BCUT2D eigenvalue weighted by molar-refractivity contribution is 5.37. The third-order valence-corrected chi connectivity index (χ3v) is 2.62. The fourth-order valence-electron chi connectivity index (χ4n) is 1.77. The van der Waals surface area contributed by atoms with Gasteiger partial charge in [-0.15, -0.1) is 0 Å². The maximum absolute atomic E-state index is 13.0. The summed E-state index contributed by atoms with van der Waals surface area (Å²) >= 11 is 0. The quantitative estimate of drug-likeness (QED) is 0.865. The Kier molecular flexibility index (Phi) is 4.72. The predicted octanol–water partition coefficient (Wildman–Crippen LogP) is 3.27. The van der Waals surface area contributed by atoms with Crippen LogP contribution in [0.1, 0.15) is 12.5 Å². The van der Waals surface area contributed by atoms with Gasteiger partial charge in [0.05, 0.1) is 6.61 Å². The molecule has 2 rings (SSSR count). The molecule has 4 heteroatoms. The molecule has 0 atom stereocenters. The summed E-state index contributed by atoms with van der Waals surface area (Å²) in [5.41, 5.74) is 0.966. The number of halogens is 1. The minimum Gasteiger partial charge on any atom is -0.478 e. The van der Waals surface area contributed by atoms with E-state index in [-0.39, 0.29) is 5.82 Å². The molecule has 2 aromatic rings. The lowest BCUT2D eigenvalue weighted by Crippen LogP contribution is -2.07. The van der Waals surface area contributed by atoms with Crippen molar-refractivity contribution in [3.05, 3.63) is 53.8 Å². The van der Waals surface area contributed by atoms with Crippen molar-refractivity contribution < 1.29 is 9.13 Å². The molecule has 0 unspecified atom stereocenters. The molecule has 0 aliphatic rings. The van der Waals surface area contributed by atoms with E-state index >= 15 is 0 Å². The summed E-state index contributed by atoms with van der Waals surface area (Å²) < 4.78 is 18.3. The van der Waals surface area contributed by atoms with Crippen molar-refractivity contribution >= 4 is 5.82 Å². The van der Waals surface area contributed by atoms with E-state index in [9.17, 15) is 4.39 Å². The number of nitrogens with one attached hydrogen (secondary N) is 1. The third-order valence-electron chi connectivity index (χ3n) is 2.62. The van der Waals surface area contributed by atoms with E-state index in [1.807, 2.05) is 31.2 Å². The van der Waals surface area contributed by atoms with Gasteiger partial charge in [-0.1, -0.05) is 18.2 Å². The van der Waals surface area contributed by atoms with E-state index in [0.717, 1.165) is 17.8 Å². The molecule has 1 aromatic heterocycles. The third kappa shape index (κ3) is 4.25. The van der Waals surface area contributed by atoms with Crippen LogP contribution in [-0.2, 0) is 6.42 Å². The number of hydrogen-bond donors (Lipinski definition) is 1. The van der Waals surface area contributed by atoms with Crippen molar-refractivity contribution in [2.45, 2.75) is 13.3 Å². The second kappa shape index (κ2) is 6.73. The Morgan fingerprint density at radius 2 is 2.05 bits per heavy atom. The first-order valence-corrected chi connectivity index (χ1v) is 6.36. The Bertz CT molecular complexity index is 531. The van der Waals surface area contributed by atoms with E-state index in [4.69, 9.17) is 4.74 Å². The molecule has 1 N–H and O–H groups in total. The summed E-state index contributed by atoms with van der Waals surface area (Å²) in [6.45, 7) is 3.22. The molecule has 0 saturated carbocycles. The molecule has 0 spiro atoms. The number of anilines is 1. The number of aromatic nitrogens is 1. The molecular weight excluding hydrogens is 243 g/mol. The zero-order valence-corrected chi connectivity index (χ0v) is 10.9. The molecule has 0 saturated heterocycles. The highest BCUT2D eigenvalue weighted by Crippen LogP contribution is 2.11. The number of nitrogens with zero attached hydrogens (tertiary/aromatic N) is 1. The van der Waals surface area contributed by atoms with Crippen molar-refractivity contribution in [2.75, 3.05) is 18.5 Å². The summed E-state index contributed by atoms with van der Waals surface area (Å²) in [5, 5.41) is 3.20. The van der Waals surface area contributed by atoms with Gasteiger partial charge in [0.1, 0.15) is 11.6 Å². The minimum absolute atomic E-state index is 0.200. The van der Waals surface area contributed by atoms with Gasteiger partial charge < -0.3 is 10.1 Å². The number of hydrogen-bond acceptors (Lipinski definition) is 3. The molecule has 0 aliphatic carbocycles. The Hall–Kier alpha value is -2.10. The SMILES string of the molecule is CCOc1cccc(NCCc2cccc(F)c2)n1. The average molecular weight is 260 g/mol. The van der Waals surface area contributed by atoms with Gasteiger partial charge in [0.25, 0.3) is 0 Å². The van der Waals surface area contributed by atoms with Crippen LogP contribution in [-0.4, -0.2) is 18.1 Å². The monoisotopic (exact) mass is 260 g/mol. The highest BCUT2D eigenvalue weighted by atomic mass is 19.1. The highest BCUT2D eigenvalue weighted by Gasteiger charge is 1.99. The molecule has 19 heavy (non-hydrogen) atoms. The van der Waals surface area contributed by atoms with E-state index < -0.39 is 0 Å². The zero-order valence-electron chi connectivity index (χ0n) is 10.9. The Balaban J connectivity index is 1.87. The summed E-state index contributed by atoms with van der Waals surface area (Å²) in [6.07, 6.45) is 0.748. The second-order valence-electron chi connectivity index (χ2n) is 4.10. The minimum atomic E-state index is -0.200. The molecule has 3 nitrogen and oxygen atoms in total. The van der Waals surface area contributed by atoms with Crippen molar-refractivity contribution in [2.24, 2.45) is 0 Å². The van der Waals surface area contributed by atoms with Crippen LogP contribution in [0.3, 0.4) is 0 Å². The van der Waals surface area contributed by atoms with Gasteiger partial charge in [-0.05, 0) is 37.1 Å². The Morgan fingerprint density at radius 3 is 2.84 bits per heavy atom. The first kappa shape index (κ1) is 13.3. The number of rotatable bonds is 6. The summed E-state index contributed by atoms with van der Waals surface area (Å²) in [4.78, 5) is 4.30. The zero-order chi connectivity index (χ0) is 13.5. The van der Waals surface area contributed by atoms with E-state index in [2.05, 4.69) is 10.3 Å². The van der Waals surface area contributed by atoms with Crippen molar-refractivity contribution in [3.63, 3.8) is 0 Å². The number of benzene rings is 1. The van der Waals surface area contributed by atoms with E-state index in [1.54, 1.807) is 12.1 Å². The lowest BCUT2D eigenvalue weighted by molar-refractivity contribution is 0.327. The van der Waals surface area contributed by atoms with Crippen molar-refractivity contribution in [3.8, 4) is 5.88 Å². The molecule has 0 fully saturated rings. The van der Waals surface area contributed by atoms with Crippen LogP contribution in [0.25, 0.3) is 0 Å². The van der Waals surface area contributed by atoms with Gasteiger partial charge in [-0.2, -0.15) is 4.98 Å². The maximum Gasteiger partial charge on any atom is 0.215 e. The molecule has 0 aliphatic heterocycles. The second-order valence-corrected chi connectivity index (χ2v) is 4.10. The fourth-order valence-corrected chi connectivity index (χ4v) is 1.77. The van der Waals surface area contributed by atoms with Gasteiger partial charge >= 0.3 is 0 Å². The van der Waals surface area contributed by atoms with Gasteiger partial charge in [-0.3, -0.25) is 0 Å². The molecule has 0 bridgehead atoms. The van der Waals surface area contributed by atoms with Crippen LogP contribution in [0.4, 0.5) is 10.2 Å². The first-order chi connectivity index (χ1) is 9.28. The number of pyridine rings is 1. The van der Waals surface area contributed by atoms with Gasteiger partial charge in [0.2, 0.25) is 5.88 Å². The molecule has 1 heterocycles. The summed E-state index contributed by atoms with van der Waals surface area (Å²) in [6, 6.07) is 12.2. The lowest BCUT2D eigenvalue weighted by Gasteiger charge is -2.07. The summed E-state index contributed by atoms with van der Waals surface area (Å²) in [7, 11) is 0. The van der Waals surface area contributed by atoms with Gasteiger partial charge in [-0.25, -0.2) is 4.39 Å². The van der Waals surface area contributed by atoms with Crippen LogP contribution in [0, 0.1) is 5.82 Å². The Morgan fingerprint density at radius 1 is 1.21 bits per heavy atom. The van der Waals surface area contributed by atoms with Crippen LogP contribution < -0.4 is 10.1 Å². The smallest absolute Gasteiger partial charge is 0.215 e. The van der Waals surface area contributed by atoms with Gasteiger partial charge in [0.15, 0.2) is 0 Å². The van der Waals surface area contributed by atoms with Crippen molar-refractivity contribution in [1.82, 2.24) is 4.98 Å². The van der Waals surface area contributed by atoms with Crippen molar-refractivity contribution in [1.29, 1.82) is 0 Å². The normalized spacial score (nSPS) is 10.2. The lowest BCUT2D eigenvalue weighted by atomic mass is 10.1. The maximum atomic E-state index is 13.0. The van der Waals surface area contributed by atoms with Crippen LogP contribution in [0.15, 0.2) is 42.5 Å². The predicted molar refractivity (Wildman–Crippen MR) is 74.0 cm³/mol. The fraction of sp³-hybridized carbons (Fsp3) is 0.267. The van der Waals surface area contributed by atoms with Gasteiger partial charge in [0, 0.05) is 12.6 Å². The molecule has 1 aromatic carbocycles. The summed E-state index contributed by atoms with van der Waals surface area (Å²) in [5.74, 6) is 1.18. The largest absolute Gasteiger partial charge is 0.478 e. The van der Waals surface area contributed by atoms with Crippen LogP contribution in [0.5, 0.6) is 5.88 Å². The molecule has 100 valence electrons. The van der Waals surface area contributed by atoms with E-state index in [1.165, 1.54) is 6.07 Å². The molecule has 0 radical (unpaired) electrons. The molecule has 0 amide bonds. The Labute approximate surface area is 112 Å². The topological polar surface area (TPSA) is 34.1 Å². The van der Waals surface area contributed by atoms with Crippen LogP contribution in [0.2, 0.25) is 0 Å². The molecular formula is C15H17FN2O.